The number of benzene rings is 2. The predicted octanol–water partition coefficient (Wildman–Crippen LogP) is 3.25. The second kappa shape index (κ2) is 10.9. The first-order chi connectivity index (χ1) is 16.3. The van der Waals surface area contributed by atoms with Crippen LogP contribution in [-0.2, 0) is 9.59 Å². The summed E-state index contributed by atoms with van der Waals surface area (Å²) in [7, 11) is 6.82. The molecule has 1 aliphatic rings. The zero-order valence-corrected chi connectivity index (χ0v) is 19.9. The fourth-order valence-corrected chi connectivity index (χ4v) is 3.81. The fourth-order valence-electron chi connectivity index (χ4n) is 3.81. The first kappa shape index (κ1) is 24.9. The molecule has 8 nitrogen and oxygen atoms in total. The molecule has 2 aromatic carbocycles. The van der Waals surface area contributed by atoms with E-state index < -0.39 is 17.7 Å². The Labute approximate surface area is 199 Å². The van der Waals surface area contributed by atoms with Crippen LogP contribution in [0.15, 0.2) is 60.7 Å². The Bertz CT molecular complexity index is 1090. The van der Waals surface area contributed by atoms with Crippen molar-refractivity contribution in [2.24, 2.45) is 0 Å². The zero-order chi connectivity index (χ0) is 24.8. The molecular weight excluding hydrogens is 436 g/mol. The van der Waals surface area contributed by atoms with Crippen molar-refractivity contribution in [3.63, 3.8) is 0 Å². The third-order valence-corrected chi connectivity index (χ3v) is 5.55. The minimum Gasteiger partial charge on any atom is -0.507 e. The molecule has 180 valence electrons. The van der Waals surface area contributed by atoms with E-state index in [1.807, 2.05) is 19.0 Å². The summed E-state index contributed by atoms with van der Waals surface area (Å²) in [5.74, 6) is -0.0641. The zero-order valence-electron chi connectivity index (χ0n) is 19.9. The molecule has 1 amide bonds. The third-order valence-electron chi connectivity index (χ3n) is 5.55. The summed E-state index contributed by atoms with van der Waals surface area (Å²) in [4.78, 5) is 29.6. The molecule has 0 aliphatic carbocycles. The Hall–Kier alpha value is -3.78. The first-order valence-corrected chi connectivity index (χ1v) is 10.8. The van der Waals surface area contributed by atoms with E-state index in [9.17, 15) is 14.7 Å². The summed E-state index contributed by atoms with van der Waals surface area (Å²) >= 11 is 0. The van der Waals surface area contributed by atoms with Crippen LogP contribution in [0.2, 0.25) is 0 Å². The van der Waals surface area contributed by atoms with Crippen LogP contribution in [0.25, 0.3) is 5.76 Å². The van der Waals surface area contributed by atoms with E-state index in [0.29, 0.717) is 48.1 Å². The quantitative estimate of drug-likeness (QED) is 0.249. The Morgan fingerprint density at radius 1 is 1.09 bits per heavy atom. The Morgan fingerprint density at radius 2 is 1.76 bits per heavy atom. The lowest BCUT2D eigenvalue weighted by Crippen LogP contribution is -2.35. The number of aliphatic hydroxyl groups is 1. The smallest absolute Gasteiger partial charge is 0.295 e. The number of likely N-dealkylation sites (tertiary alicyclic amines) is 1. The van der Waals surface area contributed by atoms with Gasteiger partial charge in [0.25, 0.3) is 11.7 Å². The Kier molecular flexibility index (Phi) is 7.96. The van der Waals surface area contributed by atoms with E-state index in [4.69, 9.17) is 14.2 Å². The van der Waals surface area contributed by atoms with Gasteiger partial charge >= 0.3 is 0 Å². The van der Waals surface area contributed by atoms with Crippen LogP contribution in [0.4, 0.5) is 0 Å². The van der Waals surface area contributed by atoms with E-state index >= 15 is 0 Å². The van der Waals surface area contributed by atoms with Gasteiger partial charge in [0, 0.05) is 18.7 Å². The molecule has 1 aliphatic heterocycles. The molecule has 0 spiro atoms. The van der Waals surface area contributed by atoms with Crippen LogP contribution in [-0.4, -0.2) is 74.6 Å². The normalized spacial score (nSPS) is 17.2. The number of ketones is 1. The molecule has 1 saturated heterocycles. The summed E-state index contributed by atoms with van der Waals surface area (Å²) in [5, 5.41) is 11.2. The monoisotopic (exact) mass is 466 g/mol. The van der Waals surface area contributed by atoms with E-state index in [2.05, 4.69) is 6.58 Å². The number of aliphatic hydroxyl groups excluding tert-OH is 1. The van der Waals surface area contributed by atoms with Crippen molar-refractivity contribution in [1.82, 2.24) is 9.80 Å². The summed E-state index contributed by atoms with van der Waals surface area (Å²) in [6.07, 6.45) is 1.63. The van der Waals surface area contributed by atoms with Gasteiger partial charge in [-0.05, 0) is 56.1 Å². The molecule has 1 atom stereocenters. The van der Waals surface area contributed by atoms with Crippen molar-refractivity contribution in [3.05, 3.63) is 71.8 Å². The van der Waals surface area contributed by atoms with Gasteiger partial charge in [0.1, 0.15) is 18.1 Å². The van der Waals surface area contributed by atoms with Gasteiger partial charge in [-0.3, -0.25) is 9.59 Å². The van der Waals surface area contributed by atoms with E-state index in [-0.39, 0.29) is 11.3 Å². The minimum absolute atomic E-state index is 0.0238. The van der Waals surface area contributed by atoms with Crippen molar-refractivity contribution in [1.29, 1.82) is 0 Å². The van der Waals surface area contributed by atoms with E-state index in [1.165, 1.54) is 19.1 Å². The summed E-state index contributed by atoms with van der Waals surface area (Å²) in [6, 6.07) is 11.1. The highest BCUT2D eigenvalue weighted by molar-refractivity contribution is 6.46. The highest BCUT2D eigenvalue weighted by atomic mass is 16.5. The van der Waals surface area contributed by atoms with Gasteiger partial charge in [0.2, 0.25) is 0 Å². The molecule has 0 saturated carbocycles. The van der Waals surface area contributed by atoms with Crippen molar-refractivity contribution < 1.29 is 28.9 Å². The summed E-state index contributed by atoms with van der Waals surface area (Å²) in [6.45, 7) is 4.82. The van der Waals surface area contributed by atoms with Crippen LogP contribution < -0.4 is 14.2 Å². The van der Waals surface area contributed by atoms with Crippen molar-refractivity contribution >= 4 is 17.4 Å². The number of carbonyl (C=O) groups excluding carboxylic acids is 2. The number of hydrogen-bond donors (Lipinski definition) is 1. The Morgan fingerprint density at radius 3 is 2.35 bits per heavy atom. The number of likely N-dealkylation sites (N-methyl/N-ethyl adjacent to an activating group) is 1. The van der Waals surface area contributed by atoms with Gasteiger partial charge in [-0.15, -0.1) is 0 Å². The number of amides is 1. The SMILES string of the molecule is C=CCOc1ccc(C(O)=C2C(=O)C(=O)N(CCN(C)C)[C@H]2c2ccc(OC)c(OC)c2)cc1. The summed E-state index contributed by atoms with van der Waals surface area (Å²) in [5.41, 5.74) is 1.06. The van der Waals surface area contributed by atoms with Crippen LogP contribution in [0.5, 0.6) is 17.2 Å². The molecule has 8 heteroatoms. The molecule has 1 fully saturated rings. The van der Waals surface area contributed by atoms with Gasteiger partial charge in [-0.1, -0.05) is 18.7 Å². The molecule has 0 bridgehead atoms. The van der Waals surface area contributed by atoms with Gasteiger partial charge in [-0.25, -0.2) is 0 Å². The third kappa shape index (κ3) is 5.07. The number of Topliss-reactive ketones (excluding diaryl/α,β-unsaturated/α-hetero) is 1. The lowest BCUT2D eigenvalue weighted by molar-refractivity contribution is -0.140. The molecule has 34 heavy (non-hydrogen) atoms. The van der Waals surface area contributed by atoms with Crippen LogP contribution in [0.3, 0.4) is 0 Å². The van der Waals surface area contributed by atoms with Crippen LogP contribution in [0.1, 0.15) is 17.2 Å². The van der Waals surface area contributed by atoms with E-state index in [0.717, 1.165) is 0 Å². The maximum atomic E-state index is 13.1. The second-order valence-electron chi connectivity index (χ2n) is 8.03. The predicted molar refractivity (Wildman–Crippen MR) is 129 cm³/mol. The number of carbonyl (C=O) groups is 2. The summed E-state index contributed by atoms with van der Waals surface area (Å²) < 4.78 is 16.2. The average Bonchev–Trinajstić information content (AvgIpc) is 3.10. The molecule has 1 N–H and O–H groups in total. The number of nitrogens with zero attached hydrogens (tertiary/aromatic N) is 2. The molecule has 0 unspecified atom stereocenters. The highest BCUT2D eigenvalue weighted by Gasteiger charge is 2.46. The maximum absolute atomic E-state index is 13.1. The standard InChI is InChI=1S/C26H30N2O6/c1-6-15-34-19-10-7-17(8-11-19)24(29)22-23(18-9-12-20(32-4)21(16-18)33-5)28(14-13-27(2)3)26(31)25(22)30/h6-12,16,23,29H,1,13-15H2,2-5H3/t23-/m0/s1. The van der Waals surface area contributed by atoms with Gasteiger partial charge in [0.05, 0.1) is 25.8 Å². The largest absolute Gasteiger partial charge is 0.507 e. The van der Waals surface area contributed by atoms with Gasteiger partial charge < -0.3 is 29.1 Å². The fraction of sp³-hybridized carbons (Fsp3) is 0.308. The number of hydrogen-bond acceptors (Lipinski definition) is 7. The van der Waals surface area contributed by atoms with Crippen LogP contribution >= 0.6 is 0 Å². The molecule has 0 radical (unpaired) electrons. The van der Waals surface area contributed by atoms with Crippen molar-refractivity contribution in [2.45, 2.75) is 6.04 Å². The molecule has 1 heterocycles. The van der Waals surface area contributed by atoms with Crippen LogP contribution in [0, 0.1) is 0 Å². The lowest BCUT2D eigenvalue weighted by atomic mass is 9.95. The molecule has 0 aromatic heterocycles. The Balaban J connectivity index is 2.11. The lowest BCUT2D eigenvalue weighted by Gasteiger charge is -2.27. The number of rotatable bonds is 10. The van der Waals surface area contributed by atoms with Crippen molar-refractivity contribution in [2.75, 3.05) is 48.0 Å². The van der Waals surface area contributed by atoms with Gasteiger partial charge in [-0.2, -0.15) is 0 Å². The number of methoxy groups -OCH3 is 2. The van der Waals surface area contributed by atoms with E-state index in [1.54, 1.807) is 48.5 Å². The highest BCUT2D eigenvalue weighted by Crippen LogP contribution is 2.41. The van der Waals surface area contributed by atoms with Crippen molar-refractivity contribution in [3.8, 4) is 17.2 Å². The molecular formula is C26H30N2O6. The second-order valence-corrected chi connectivity index (χ2v) is 8.03. The van der Waals surface area contributed by atoms with Gasteiger partial charge in [0.15, 0.2) is 11.5 Å². The maximum Gasteiger partial charge on any atom is 0.295 e. The molecule has 2 aromatic rings. The molecule has 3 rings (SSSR count). The number of ether oxygens (including phenoxy) is 3. The minimum atomic E-state index is -0.781. The first-order valence-electron chi connectivity index (χ1n) is 10.8. The average molecular weight is 467 g/mol. The topological polar surface area (TPSA) is 88.5 Å².